The molecule has 2 aromatic rings. The lowest BCUT2D eigenvalue weighted by Gasteiger charge is -2.35. The Bertz CT molecular complexity index is 1040. The summed E-state index contributed by atoms with van der Waals surface area (Å²) in [6, 6.07) is 10.7. The normalized spacial score (nSPS) is 20.4. The van der Waals surface area contributed by atoms with Gasteiger partial charge in [-0.1, -0.05) is 0 Å². The minimum Gasteiger partial charge on any atom is -0.497 e. The highest BCUT2D eigenvalue weighted by Crippen LogP contribution is 2.38. The molecule has 1 unspecified atom stereocenters. The molecule has 1 saturated carbocycles. The first-order valence-corrected chi connectivity index (χ1v) is 10.9. The third-order valence-corrected chi connectivity index (χ3v) is 6.78. The minimum absolute atomic E-state index is 0.189. The van der Waals surface area contributed by atoms with Crippen molar-refractivity contribution >= 4 is 12.1 Å². The first-order chi connectivity index (χ1) is 14.6. The number of hydrogen-bond donors (Lipinski definition) is 0. The second kappa shape index (κ2) is 7.46. The lowest BCUT2D eigenvalue weighted by molar-refractivity contribution is 0.0644. The van der Waals surface area contributed by atoms with Crippen LogP contribution < -0.4 is 4.74 Å². The van der Waals surface area contributed by atoms with Crippen LogP contribution in [-0.4, -0.2) is 47.3 Å². The Hall–Kier alpha value is -2.82. The fourth-order valence-electron chi connectivity index (χ4n) is 5.06. The third-order valence-electron chi connectivity index (χ3n) is 6.78. The van der Waals surface area contributed by atoms with E-state index in [1.807, 2.05) is 30.5 Å². The Kier molecular flexibility index (Phi) is 4.76. The highest BCUT2D eigenvalue weighted by molar-refractivity contribution is 5.97. The van der Waals surface area contributed by atoms with Crippen LogP contribution in [0, 0.1) is 13.8 Å². The second-order valence-electron chi connectivity index (χ2n) is 8.76. The van der Waals surface area contributed by atoms with E-state index in [2.05, 4.69) is 34.4 Å². The van der Waals surface area contributed by atoms with Crippen LogP contribution in [0.1, 0.15) is 53.8 Å². The zero-order valence-electron chi connectivity index (χ0n) is 18.0. The third kappa shape index (κ3) is 3.26. The lowest BCUT2D eigenvalue weighted by atomic mass is 9.88. The van der Waals surface area contributed by atoms with E-state index in [0.29, 0.717) is 6.04 Å². The molecule has 5 rings (SSSR count). The summed E-state index contributed by atoms with van der Waals surface area (Å²) in [5.74, 6) is 1.02. The molecule has 156 valence electrons. The topological polar surface area (TPSA) is 46.8 Å². The van der Waals surface area contributed by atoms with Gasteiger partial charge in [-0.25, -0.2) is 0 Å². The number of amides is 1. The molecule has 5 nitrogen and oxygen atoms in total. The molecule has 0 N–H and O–H groups in total. The number of benzene rings is 1. The van der Waals surface area contributed by atoms with Crippen molar-refractivity contribution in [2.24, 2.45) is 4.99 Å². The summed E-state index contributed by atoms with van der Waals surface area (Å²) >= 11 is 0. The van der Waals surface area contributed by atoms with Crippen molar-refractivity contribution < 1.29 is 9.53 Å². The second-order valence-corrected chi connectivity index (χ2v) is 8.76. The number of aryl methyl sites for hydroxylation is 1. The van der Waals surface area contributed by atoms with Gasteiger partial charge in [0.05, 0.1) is 19.2 Å². The molecule has 30 heavy (non-hydrogen) atoms. The first-order valence-electron chi connectivity index (χ1n) is 10.9. The van der Waals surface area contributed by atoms with Crippen LogP contribution >= 0.6 is 0 Å². The largest absolute Gasteiger partial charge is 0.497 e. The monoisotopic (exact) mass is 403 g/mol. The van der Waals surface area contributed by atoms with Crippen LogP contribution in [0.3, 0.4) is 0 Å². The van der Waals surface area contributed by atoms with Gasteiger partial charge in [0.15, 0.2) is 0 Å². The quantitative estimate of drug-likeness (QED) is 0.730. The van der Waals surface area contributed by atoms with Gasteiger partial charge in [-0.15, -0.1) is 0 Å². The van der Waals surface area contributed by atoms with Crippen molar-refractivity contribution in [3.63, 3.8) is 0 Å². The molecule has 1 atom stereocenters. The lowest BCUT2D eigenvalue weighted by Crippen LogP contribution is -2.43. The van der Waals surface area contributed by atoms with Crippen LogP contribution in [-0.2, 0) is 0 Å². The summed E-state index contributed by atoms with van der Waals surface area (Å²) in [6.45, 7) is 4.99. The SMILES string of the molecule is COc1ccc(-n2c(C)cc(C(=O)N(C3CC3)C3CCC4=C(C=NC4)C3)c2C)cc1. The number of ether oxygens (including phenoxy) is 1. The summed E-state index contributed by atoms with van der Waals surface area (Å²) in [5, 5.41) is 0. The predicted molar refractivity (Wildman–Crippen MR) is 119 cm³/mol. The molecule has 2 heterocycles. The number of aromatic nitrogens is 1. The van der Waals surface area contributed by atoms with Crippen molar-refractivity contribution in [2.75, 3.05) is 13.7 Å². The van der Waals surface area contributed by atoms with Crippen LogP contribution in [0.4, 0.5) is 0 Å². The van der Waals surface area contributed by atoms with Crippen LogP contribution in [0.5, 0.6) is 5.75 Å². The van der Waals surface area contributed by atoms with Gasteiger partial charge in [-0.05, 0) is 87.4 Å². The number of nitrogens with zero attached hydrogens (tertiary/aromatic N) is 3. The summed E-state index contributed by atoms with van der Waals surface area (Å²) in [7, 11) is 1.67. The number of carbonyl (C=O) groups is 1. The van der Waals surface area contributed by atoms with E-state index in [1.54, 1.807) is 7.11 Å². The molecule has 1 amide bonds. The molecule has 0 radical (unpaired) electrons. The van der Waals surface area contributed by atoms with Gasteiger partial charge in [0.1, 0.15) is 5.75 Å². The van der Waals surface area contributed by atoms with Crippen molar-refractivity contribution in [1.29, 1.82) is 0 Å². The van der Waals surface area contributed by atoms with Gasteiger partial charge in [-0.3, -0.25) is 9.79 Å². The van der Waals surface area contributed by atoms with Crippen LogP contribution in [0.25, 0.3) is 5.69 Å². The van der Waals surface area contributed by atoms with Gasteiger partial charge in [0.25, 0.3) is 5.91 Å². The summed E-state index contributed by atoms with van der Waals surface area (Å²) in [4.78, 5) is 20.4. The molecule has 0 spiro atoms. The molecule has 0 bridgehead atoms. The van der Waals surface area contributed by atoms with Gasteiger partial charge in [0, 0.05) is 35.4 Å². The average Bonchev–Trinajstić information content (AvgIpc) is 3.39. The minimum atomic E-state index is 0.189. The number of hydrogen-bond acceptors (Lipinski definition) is 3. The molecular weight excluding hydrogens is 374 g/mol. The molecule has 0 saturated heterocycles. The van der Waals surface area contributed by atoms with Crippen LogP contribution in [0.15, 0.2) is 46.5 Å². The van der Waals surface area contributed by atoms with E-state index in [0.717, 1.165) is 67.0 Å². The van der Waals surface area contributed by atoms with Gasteiger partial charge in [-0.2, -0.15) is 0 Å². The number of methoxy groups -OCH3 is 1. The molecule has 1 fully saturated rings. The number of aliphatic imine (C=N–C) groups is 1. The average molecular weight is 404 g/mol. The number of carbonyl (C=O) groups excluding carboxylic acids is 1. The fraction of sp³-hybridized carbons (Fsp3) is 0.440. The Morgan fingerprint density at radius 2 is 1.90 bits per heavy atom. The Labute approximate surface area is 178 Å². The fourth-order valence-corrected chi connectivity index (χ4v) is 5.06. The molecule has 2 aliphatic carbocycles. The van der Waals surface area contributed by atoms with Crippen molar-refractivity contribution in [3.05, 3.63) is 58.4 Å². The summed E-state index contributed by atoms with van der Waals surface area (Å²) in [6.07, 6.45) is 7.37. The molecule has 1 aromatic heterocycles. The van der Waals surface area contributed by atoms with Crippen molar-refractivity contribution in [1.82, 2.24) is 9.47 Å². The Morgan fingerprint density at radius 3 is 2.60 bits per heavy atom. The maximum absolute atomic E-state index is 13.8. The van der Waals surface area contributed by atoms with E-state index in [9.17, 15) is 4.79 Å². The summed E-state index contributed by atoms with van der Waals surface area (Å²) in [5.41, 5.74) is 6.81. The van der Waals surface area contributed by atoms with Gasteiger partial charge in [0.2, 0.25) is 0 Å². The van der Waals surface area contributed by atoms with Gasteiger partial charge >= 0.3 is 0 Å². The smallest absolute Gasteiger partial charge is 0.256 e. The maximum atomic E-state index is 13.8. The first kappa shape index (κ1) is 19.2. The van der Waals surface area contributed by atoms with Crippen molar-refractivity contribution in [3.8, 4) is 11.4 Å². The van der Waals surface area contributed by atoms with E-state index < -0.39 is 0 Å². The highest BCUT2D eigenvalue weighted by atomic mass is 16.5. The van der Waals surface area contributed by atoms with E-state index in [1.165, 1.54) is 11.1 Å². The standard InChI is InChI=1S/C25H29N3O2/c1-16-12-24(17(2)27(16)20-8-10-23(30-3)11-9-20)25(29)28(21-6-7-21)22-5-4-18-14-26-15-19(18)13-22/h8-12,15,21-22H,4-7,13-14H2,1-3H3. The van der Waals surface area contributed by atoms with E-state index in [-0.39, 0.29) is 11.9 Å². The predicted octanol–water partition coefficient (Wildman–Crippen LogP) is 4.64. The van der Waals surface area contributed by atoms with Crippen LogP contribution in [0.2, 0.25) is 0 Å². The molecule has 1 aromatic carbocycles. The zero-order chi connectivity index (χ0) is 20.8. The zero-order valence-corrected chi connectivity index (χ0v) is 18.0. The molecular formula is C25H29N3O2. The Morgan fingerprint density at radius 1 is 1.13 bits per heavy atom. The van der Waals surface area contributed by atoms with Gasteiger partial charge < -0.3 is 14.2 Å². The maximum Gasteiger partial charge on any atom is 0.256 e. The number of rotatable bonds is 5. The van der Waals surface area contributed by atoms with E-state index in [4.69, 9.17) is 4.74 Å². The molecule has 1 aliphatic heterocycles. The molecule has 5 heteroatoms. The highest BCUT2D eigenvalue weighted by Gasteiger charge is 2.40. The Balaban J connectivity index is 1.45. The van der Waals surface area contributed by atoms with Crippen molar-refractivity contribution in [2.45, 2.75) is 58.0 Å². The van der Waals surface area contributed by atoms with E-state index >= 15 is 0 Å². The summed E-state index contributed by atoms with van der Waals surface area (Å²) < 4.78 is 7.46. The molecule has 3 aliphatic rings.